The van der Waals surface area contributed by atoms with E-state index in [0.717, 1.165) is 6.42 Å². The van der Waals surface area contributed by atoms with Gasteiger partial charge in [-0.2, -0.15) is 0 Å². The van der Waals surface area contributed by atoms with E-state index in [1.807, 2.05) is 0 Å². The van der Waals surface area contributed by atoms with Crippen LogP contribution in [0.15, 0.2) is 24.4 Å². The molecule has 0 aliphatic carbocycles. The van der Waals surface area contributed by atoms with Crippen LogP contribution in [0.2, 0.25) is 0 Å². The molecule has 0 N–H and O–H groups in total. The molecule has 0 amide bonds. The maximum Gasteiger partial charge on any atom is 0.181 e. The van der Waals surface area contributed by atoms with Crippen molar-refractivity contribution in [1.29, 1.82) is 0 Å². The highest BCUT2D eigenvalue weighted by atomic mass is 35.5. The van der Waals surface area contributed by atoms with Gasteiger partial charge in [0.15, 0.2) is 11.9 Å². The van der Waals surface area contributed by atoms with E-state index in [4.69, 9.17) is 0 Å². The van der Waals surface area contributed by atoms with Gasteiger partial charge >= 0.3 is 0 Å². The fraction of sp³-hybridized carbons (Fsp3) is 0.783. The van der Waals surface area contributed by atoms with Crippen LogP contribution in [0.4, 0.5) is 0 Å². The van der Waals surface area contributed by atoms with Crippen LogP contribution in [0.1, 0.15) is 109 Å². The molecule has 0 radical (unpaired) electrons. The van der Waals surface area contributed by atoms with Gasteiger partial charge in [-0.3, -0.25) is 0 Å². The summed E-state index contributed by atoms with van der Waals surface area (Å²) in [6, 6.07) is 6.56. The second-order valence-electron chi connectivity index (χ2n) is 7.34. The Hall–Kier alpha value is -0.560. The van der Waals surface area contributed by atoms with Gasteiger partial charge in [0, 0.05) is 25.0 Å². The second kappa shape index (κ2) is 18.2. The molecule has 0 aliphatic heterocycles. The molecule has 0 aromatic carbocycles. The van der Waals surface area contributed by atoms with Gasteiger partial charge in [-0.1, -0.05) is 97.0 Å². The van der Waals surface area contributed by atoms with Crippen molar-refractivity contribution in [3.05, 3.63) is 30.1 Å². The number of pyridine rings is 1. The van der Waals surface area contributed by atoms with Crippen molar-refractivity contribution in [3.8, 4) is 0 Å². The van der Waals surface area contributed by atoms with Crippen molar-refractivity contribution in [1.82, 2.24) is 0 Å². The van der Waals surface area contributed by atoms with E-state index in [9.17, 15) is 0 Å². The summed E-state index contributed by atoms with van der Waals surface area (Å²) in [6.07, 6.45) is 23.5. The van der Waals surface area contributed by atoms with Gasteiger partial charge in [0.1, 0.15) is 6.54 Å². The minimum atomic E-state index is 0. The number of nitrogens with zero attached hydrogens (tertiary/aromatic N) is 1. The lowest BCUT2D eigenvalue weighted by Crippen LogP contribution is -3.00. The maximum absolute atomic E-state index is 2.43. The molecule has 0 saturated heterocycles. The first-order valence-electron chi connectivity index (χ1n) is 10.9. The summed E-state index contributed by atoms with van der Waals surface area (Å²) >= 11 is 0. The van der Waals surface area contributed by atoms with E-state index in [2.05, 4.69) is 42.8 Å². The highest BCUT2D eigenvalue weighted by molar-refractivity contribution is 4.96. The normalized spacial score (nSPS) is 10.6. The van der Waals surface area contributed by atoms with Crippen molar-refractivity contribution in [2.75, 3.05) is 0 Å². The van der Waals surface area contributed by atoms with Crippen LogP contribution in [-0.2, 0) is 13.0 Å². The predicted octanol–water partition coefficient (Wildman–Crippen LogP) is 4.02. The Morgan fingerprint density at radius 3 is 1.60 bits per heavy atom. The molecule has 1 rings (SSSR count). The van der Waals surface area contributed by atoms with Gasteiger partial charge in [-0.15, -0.1) is 0 Å². The van der Waals surface area contributed by atoms with Crippen LogP contribution in [0.5, 0.6) is 0 Å². The second-order valence-corrected chi connectivity index (χ2v) is 7.34. The zero-order valence-corrected chi connectivity index (χ0v) is 17.7. The van der Waals surface area contributed by atoms with Crippen molar-refractivity contribution in [2.45, 2.75) is 117 Å². The lowest BCUT2D eigenvalue weighted by molar-refractivity contribution is -0.704. The SMILES string of the molecule is CCCCCCCCCCCCCCCC[n+]1ccccc1CC.[Cl-]. The van der Waals surface area contributed by atoms with Crippen LogP contribution in [0.25, 0.3) is 0 Å². The molecule has 0 aliphatic rings. The van der Waals surface area contributed by atoms with Gasteiger partial charge in [-0.05, 0) is 6.42 Å². The lowest BCUT2D eigenvalue weighted by atomic mass is 10.0. The van der Waals surface area contributed by atoms with E-state index in [-0.39, 0.29) is 12.4 Å². The number of halogens is 1. The average Bonchev–Trinajstić information content (AvgIpc) is 2.62. The van der Waals surface area contributed by atoms with E-state index in [1.54, 1.807) is 0 Å². The van der Waals surface area contributed by atoms with E-state index in [0.29, 0.717) is 0 Å². The summed E-state index contributed by atoms with van der Waals surface area (Å²) in [5.74, 6) is 0. The molecule has 1 aromatic heterocycles. The van der Waals surface area contributed by atoms with Gasteiger partial charge in [0.05, 0.1) is 0 Å². The Balaban J connectivity index is 0.00000576. The highest BCUT2D eigenvalue weighted by Gasteiger charge is 2.05. The smallest absolute Gasteiger partial charge is 0.181 e. The molecule has 2 heteroatoms. The van der Waals surface area contributed by atoms with Gasteiger partial charge in [0.25, 0.3) is 0 Å². The molecule has 0 unspecified atom stereocenters. The number of rotatable bonds is 16. The first kappa shape index (κ1) is 24.4. The molecule has 1 aromatic rings. The van der Waals surface area contributed by atoms with Crippen LogP contribution < -0.4 is 17.0 Å². The summed E-state index contributed by atoms with van der Waals surface area (Å²) < 4.78 is 2.43. The molecule has 0 bridgehead atoms. The molecular weight excluding hydrogens is 326 g/mol. The molecule has 1 heterocycles. The Labute approximate surface area is 164 Å². The number of aryl methyl sites for hydroxylation is 2. The largest absolute Gasteiger partial charge is 1.00 e. The van der Waals surface area contributed by atoms with Crippen molar-refractivity contribution in [3.63, 3.8) is 0 Å². The predicted molar refractivity (Wildman–Crippen MR) is 106 cm³/mol. The molecule has 146 valence electrons. The van der Waals surface area contributed by atoms with E-state index in [1.165, 1.54) is 102 Å². The van der Waals surface area contributed by atoms with Gasteiger partial charge in [-0.25, -0.2) is 4.57 Å². The maximum atomic E-state index is 2.43. The summed E-state index contributed by atoms with van der Waals surface area (Å²) in [4.78, 5) is 0. The third kappa shape index (κ3) is 13.3. The van der Waals surface area contributed by atoms with Crippen molar-refractivity contribution >= 4 is 0 Å². The standard InChI is InChI=1S/C23H42N.ClH/c1-3-5-6-7-8-9-10-11-12-13-14-15-16-18-21-24-22-19-17-20-23(24)4-2;/h17,19-20,22H,3-16,18,21H2,1-2H3;1H/q+1;/p-1. The summed E-state index contributed by atoms with van der Waals surface area (Å²) in [5, 5.41) is 0. The average molecular weight is 368 g/mol. The highest BCUT2D eigenvalue weighted by Crippen LogP contribution is 2.12. The van der Waals surface area contributed by atoms with Crippen molar-refractivity contribution in [2.24, 2.45) is 0 Å². The Bertz CT molecular complexity index is 391. The fourth-order valence-electron chi connectivity index (χ4n) is 3.53. The quantitative estimate of drug-likeness (QED) is 0.307. The Morgan fingerprint density at radius 2 is 1.12 bits per heavy atom. The molecular formula is C23H42ClN. The molecule has 25 heavy (non-hydrogen) atoms. The molecule has 0 fully saturated rings. The lowest BCUT2D eigenvalue weighted by Gasteiger charge is -2.04. The topological polar surface area (TPSA) is 3.88 Å². The summed E-state index contributed by atoms with van der Waals surface area (Å²) in [5.41, 5.74) is 1.46. The molecule has 0 saturated carbocycles. The number of hydrogen-bond donors (Lipinski definition) is 0. The number of hydrogen-bond acceptors (Lipinski definition) is 0. The van der Waals surface area contributed by atoms with E-state index >= 15 is 0 Å². The van der Waals surface area contributed by atoms with Crippen molar-refractivity contribution < 1.29 is 17.0 Å². The van der Waals surface area contributed by atoms with Crippen LogP contribution in [0, 0.1) is 0 Å². The zero-order chi connectivity index (χ0) is 17.3. The van der Waals surface area contributed by atoms with Gasteiger partial charge in [0.2, 0.25) is 0 Å². The monoisotopic (exact) mass is 367 g/mol. The minimum Gasteiger partial charge on any atom is -1.00 e. The van der Waals surface area contributed by atoms with Gasteiger partial charge < -0.3 is 12.4 Å². The molecule has 0 atom stereocenters. The Morgan fingerprint density at radius 1 is 0.640 bits per heavy atom. The zero-order valence-electron chi connectivity index (χ0n) is 16.9. The first-order valence-corrected chi connectivity index (χ1v) is 10.9. The summed E-state index contributed by atoms with van der Waals surface area (Å²) in [6.45, 7) is 5.74. The Kier molecular flexibility index (Phi) is 17.8. The number of aromatic nitrogens is 1. The minimum absolute atomic E-state index is 0. The van der Waals surface area contributed by atoms with Crippen LogP contribution in [-0.4, -0.2) is 0 Å². The number of unbranched alkanes of at least 4 members (excludes halogenated alkanes) is 13. The fourth-order valence-corrected chi connectivity index (χ4v) is 3.53. The third-order valence-corrected chi connectivity index (χ3v) is 5.15. The summed E-state index contributed by atoms with van der Waals surface area (Å²) in [7, 11) is 0. The van der Waals surface area contributed by atoms with Crippen LogP contribution in [0.3, 0.4) is 0 Å². The van der Waals surface area contributed by atoms with E-state index < -0.39 is 0 Å². The third-order valence-electron chi connectivity index (χ3n) is 5.15. The molecule has 1 nitrogen and oxygen atoms in total. The first-order chi connectivity index (χ1) is 11.9. The molecule has 0 spiro atoms. The van der Waals surface area contributed by atoms with Crippen LogP contribution >= 0.6 is 0 Å².